The molecule has 9 heteroatoms. The van der Waals surface area contributed by atoms with Crippen LogP contribution < -0.4 is 5.32 Å². The minimum absolute atomic E-state index is 0.149. The number of aromatic nitrogens is 3. The van der Waals surface area contributed by atoms with Gasteiger partial charge in [-0.1, -0.05) is 18.2 Å². The van der Waals surface area contributed by atoms with Crippen molar-refractivity contribution in [3.8, 4) is 5.69 Å². The number of hydrogen-bond donors (Lipinski definition) is 1. The van der Waals surface area contributed by atoms with Crippen molar-refractivity contribution in [2.45, 2.75) is 4.90 Å². The summed E-state index contributed by atoms with van der Waals surface area (Å²) in [6.45, 7) is 0. The molecule has 0 bridgehead atoms. The van der Waals surface area contributed by atoms with Crippen LogP contribution in [0.25, 0.3) is 5.69 Å². The zero-order chi connectivity index (χ0) is 18.7. The van der Waals surface area contributed by atoms with Gasteiger partial charge in [-0.3, -0.25) is 4.79 Å². The Hall–Kier alpha value is -3.04. The normalized spacial score (nSPS) is 11.5. The summed E-state index contributed by atoms with van der Waals surface area (Å²) in [5.74, 6) is -0.435. The number of anilines is 1. The van der Waals surface area contributed by atoms with Crippen molar-refractivity contribution < 1.29 is 13.2 Å². The van der Waals surface area contributed by atoms with Gasteiger partial charge in [-0.15, -0.1) is 5.10 Å². The lowest BCUT2D eigenvalue weighted by molar-refractivity contribution is 0.102. The predicted molar refractivity (Wildman–Crippen MR) is 96.6 cm³/mol. The molecule has 0 spiro atoms. The fraction of sp³-hybridized carbons (Fsp3) is 0.118. The first kappa shape index (κ1) is 17.8. The largest absolute Gasteiger partial charge is 0.321 e. The molecule has 0 saturated carbocycles. The predicted octanol–water partition coefficient (Wildman–Crippen LogP) is 1.77. The number of hydrogen-bond acceptors (Lipinski definition) is 5. The molecule has 134 valence electrons. The zero-order valence-corrected chi connectivity index (χ0v) is 15.0. The Morgan fingerprint density at radius 3 is 2.31 bits per heavy atom. The van der Waals surface area contributed by atoms with Crippen LogP contribution in [0.15, 0.2) is 65.7 Å². The van der Waals surface area contributed by atoms with E-state index in [0.717, 1.165) is 9.99 Å². The van der Waals surface area contributed by atoms with E-state index < -0.39 is 15.9 Å². The highest BCUT2D eigenvalue weighted by molar-refractivity contribution is 7.89. The van der Waals surface area contributed by atoms with E-state index in [1.165, 1.54) is 49.4 Å². The Kier molecular flexibility index (Phi) is 4.83. The minimum atomic E-state index is -3.51. The summed E-state index contributed by atoms with van der Waals surface area (Å²) in [4.78, 5) is 13.8. The second-order valence-corrected chi connectivity index (χ2v) is 7.77. The summed E-state index contributed by atoms with van der Waals surface area (Å²) in [6, 6.07) is 15.1. The molecule has 1 heterocycles. The van der Waals surface area contributed by atoms with E-state index in [0.29, 0.717) is 5.69 Å². The molecule has 26 heavy (non-hydrogen) atoms. The van der Waals surface area contributed by atoms with Gasteiger partial charge in [0, 0.05) is 19.8 Å². The third-order valence-electron chi connectivity index (χ3n) is 3.60. The standard InChI is InChI=1S/C17H17N5O3S/c1-21(2)26(24,25)15-10-8-13(9-11-15)19-17(23)16-12-18-22(20-16)14-6-4-3-5-7-14/h3-12H,1-2H3,(H,19,23). The summed E-state index contributed by atoms with van der Waals surface area (Å²) in [5, 5.41) is 10.9. The van der Waals surface area contributed by atoms with Gasteiger partial charge in [-0.25, -0.2) is 12.7 Å². The molecule has 0 aliphatic heterocycles. The molecular formula is C17H17N5O3S. The fourth-order valence-electron chi connectivity index (χ4n) is 2.17. The first-order chi connectivity index (χ1) is 12.4. The summed E-state index contributed by atoms with van der Waals surface area (Å²) in [5.41, 5.74) is 1.35. The van der Waals surface area contributed by atoms with Crippen LogP contribution >= 0.6 is 0 Å². The highest BCUT2D eigenvalue weighted by Crippen LogP contribution is 2.17. The Bertz CT molecular complexity index is 1010. The molecule has 1 N–H and O–H groups in total. The monoisotopic (exact) mass is 371 g/mol. The summed E-state index contributed by atoms with van der Waals surface area (Å²) < 4.78 is 25.2. The molecule has 3 aromatic rings. The van der Waals surface area contributed by atoms with E-state index in [4.69, 9.17) is 0 Å². The molecule has 3 rings (SSSR count). The van der Waals surface area contributed by atoms with E-state index in [-0.39, 0.29) is 10.6 Å². The molecule has 0 saturated heterocycles. The number of nitrogens with zero attached hydrogens (tertiary/aromatic N) is 4. The minimum Gasteiger partial charge on any atom is -0.321 e. The maximum atomic E-state index is 12.3. The Labute approximate surface area is 151 Å². The van der Waals surface area contributed by atoms with Crippen LogP contribution in [0, 0.1) is 0 Å². The number of rotatable bonds is 5. The first-order valence-corrected chi connectivity index (χ1v) is 9.13. The van der Waals surface area contributed by atoms with Gasteiger partial charge in [0.25, 0.3) is 5.91 Å². The van der Waals surface area contributed by atoms with Crippen molar-refractivity contribution in [3.05, 3.63) is 66.5 Å². The number of sulfonamides is 1. The molecule has 0 radical (unpaired) electrons. The second-order valence-electron chi connectivity index (χ2n) is 5.62. The van der Waals surface area contributed by atoms with Gasteiger partial charge in [0.05, 0.1) is 16.8 Å². The van der Waals surface area contributed by atoms with E-state index in [1.807, 2.05) is 30.3 Å². The fourth-order valence-corrected chi connectivity index (χ4v) is 3.07. The SMILES string of the molecule is CN(C)S(=O)(=O)c1ccc(NC(=O)c2cnn(-c3ccccc3)n2)cc1. The van der Waals surface area contributed by atoms with E-state index in [2.05, 4.69) is 15.5 Å². The maximum absolute atomic E-state index is 12.3. The van der Waals surface area contributed by atoms with Crippen molar-refractivity contribution >= 4 is 21.6 Å². The Balaban J connectivity index is 1.74. The van der Waals surface area contributed by atoms with E-state index in [1.54, 1.807) is 0 Å². The van der Waals surface area contributed by atoms with Crippen molar-refractivity contribution in [2.24, 2.45) is 0 Å². The highest BCUT2D eigenvalue weighted by atomic mass is 32.2. The Morgan fingerprint density at radius 2 is 1.69 bits per heavy atom. The molecule has 0 aliphatic carbocycles. The summed E-state index contributed by atoms with van der Waals surface area (Å²) >= 11 is 0. The van der Waals surface area contributed by atoms with Crippen LogP contribution in [0.1, 0.15) is 10.5 Å². The quantitative estimate of drug-likeness (QED) is 0.737. The summed E-state index contributed by atoms with van der Waals surface area (Å²) in [7, 11) is -0.588. The van der Waals surface area contributed by atoms with Gasteiger partial charge < -0.3 is 5.32 Å². The van der Waals surface area contributed by atoms with Crippen LogP contribution in [-0.4, -0.2) is 47.7 Å². The van der Waals surface area contributed by atoms with Crippen LogP contribution in [0.3, 0.4) is 0 Å². The van der Waals surface area contributed by atoms with Gasteiger partial charge >= 0.3 is 0 Å². The summed E-state index contributed by atoms with van der Waals surface area (Å²) in [6.07, 6.45) is 1.37. The highest BCUT2D eigenvalue weighted by Gasteiger charge is 2.17. The van der Waals surface area contributed by atoms with Crippen LogP contribution in [0.5, 0.6) is 0 Å². The van der Waals surface area contributed by atoms with Crippen LogP contribution in [0.4, 0.5) is 5.69 Å². The Morgan fingerprint density at radius 1 is 1.04 bits per heavy atom. The molecule has 0 fully saturated rings. The number of para-hydroxylation sites is 1. The van der Waals surface area contributed by atoms with Crippen molar-refractivity contribution in [2.75, 3.05) is 19.4 Å². The van der Waals surface area contributed by atoms with Gasteiger partial charge in [-0.2, -0.15) is 9.90 Å². The molecule has 1 amide bonds. The molecule has 1 aromatic heterocycles. The maximum Gasteiger partial charge on any atom is 0.277 e. The number of carbonyl (C=O) groups is 1. The van der Waals surface area contributed by atoms with Crippen LogP contribution in [-0.2, 0) is 10.0 Å². The lowest BCUT2D eigenvalue weighted by Crippen LogP contribution is -2.22. The average molecular weight is 371 g/mol. The molecule has 2 aromatic carbocycles. The van der Waals surface area contributed by atoms with E-state index >= 15 is 0 Å². The molecule has 0 aliphatic rings. The first-order valence-electron chi connectivity index (χ1n) is 7.69. The molecular weight excluding hydrogens is 354 g/mol. The van der Waals surface area contributed by atoms with Crippen molar-refractivity contribution in [1.82, 2.24) is 19.3 Å². The topological polar surface area (TPSA) is 97.2 Å². The number of nitrogens with one attached hydrogen (secondary N) is 1. The van der Waals surface area contributed by atoms with Gasteiger partial charge in [0.15, 0.2) is 5.69 Å². The third-order valence-corrected chi connectivity index (χ3v) is 5.43. The molecule has 0 atom stereocenters. The van der Waals surface area contributed by atoms with E-state index in [9.17, 15) is 13.2 Å². The van der Waals surface area contributed by atoms with Crippen molar-refractivity contribution in [1.29, 1.82) is 0 Å². The van der Waals surface area contributed by atoms with Crippen molar-refractivity contribution in [3.63, 3.8) is 0 Å². The third kappa shape index (κ3) is 3.63. The lowest BCUT2D eigenvalue weighted by Gasteiger charge is -2.11. The number of amides is 1. The van der Waals surface area contributed by atoms with Crippen LogP contribution in [0.2, 0.25) is 0 Å². The number of carbonyl (C=O) groups excluding carboxylic acids is 1. The number of benzene rings is 2. The molecule has 8 nitrogen and oxygen atoms in total. The average Bonchev–Trinajstić information content (AvgIpc) is 3.13. The smallest absolute Gasteiger partial charge is 0.277 e. The molecule has 0 unspecified atom stereocenters. The van der Waals surface area contributed by atoms with Gasteiger partial charge in [0.2, 0.25) is 10.0 Å². The van der Waals surface area contributed by atoms with Gasteiger partial charge in [-0.05, 0) is 36.4 Å². The van der Waals surface area contributed by atoms with Gasteiger partial charge in [0.1, 0.15) is 0 Å². The lowest BCUT2D eigenvalue weighted by atomic mass is 10.3. The second kappa shape index (κ2) is 7.06. The zero-order valence-electron chi connectivity index (χ0n) is 14.2.